The summed E-state index contributed by atoms with van der Waals surface area (Å²) in [5.74, 6) is 0. The lowest BCUT2D eigenvalue weighted by molar-refractivity contribution is 0.448. The van der Waals surface area contributed by atoms with E-state index in [9.17, 15) is 0 Å². The number of benzene rings is 1. The number of fused-ring (bicyclic) bond motifs is 1. The third-order valence-electron chi connectivity index (χ3n) is 3.24. The molecule has 0 fully saturated rings. The van der Waals surface area contributed by atoms with Crippen molar-refractivity contribution in [3.8, 4) is 0 Å². The highest BCUT2D eigenvalue weighted by Gasteiger charge is 2.30. The first-order valence-corrected chi connectivity index (χ1v) is 6.14. The maximum absolute atomic E-state index is 6.38. The van der Waals surface area contributed by atoms with Crippen LogP contribution in [0.1, 0.15) is 37.4 Å². The Morgan fingerprint density at radius 2 is 2.20 bits per heavy atom. The van der Waals surface area contributed by atoms with Gasteiger partial charge in [0.1, 0.15) is 0 Å². The van der Waals surface area contributed by atoms with Crippen molar-refractivity contribution in [1.82, 2.24) is 5.32 Å². The van der Waals surface area contributed by atoms with E-state index in [0.29, 0.717) is 12.1 Å². The lowest BCUT2D eigenvalue weighted by Gasteiger charge is -2.21. The Morgan fingerprint density at radius 1 is 1.47 bits per heavy atom. The van der Waals surface area contributed by atoms with Crippen LogP contribution in [0.2, 0.25) is 0 Å². The molecule has 3 atom stereocenters. The van der Waals surface area contributed by atoms with Crippen molar-refractivity contribution < 1.29 is 0 Å². The second kappa shape index (κ2) is 4.54. The van der Waals surface area contributed by atoms with Crippen LogP contribution in [-0.2, 0) is 6.42 Å². The largest absolute Gasteiger partial charge is 0.306 e. The molecular formula is C13H18ClN. The Balaban J connectivity index is 2.18. The summed E-state index contributed by atoms with van der Waals surface area (Å²) in [6.07, 6.45) is 2.13. The molecule has 0 saturated heterocycles. The van der Waals surface area contributed by atoms with Crippen LogP contribution in [0.5, 0.6) is 0 Å². The molecule has 1 nitrogen and oxygen atoms in total. The lowest BCUT2D eigenvalue weighted by atomic mass is 10.1. The summed E-state index contributed by atoms with van der Waals surface area (Å²) in [4.78, 5) is 0. The van der Waals surface area contributed by atoms with Crippen LogP contribution in [0.4, 0.5) is 0 Å². The van der Waals surface area contributed by atoms with Gasteiger partial charge in [0, 0.05) is 12.1 Å². The zero-order valence-corrected chi connectivity index (χ0v) is 10.1. The minimum Gasteiger partial charge on any atom is -0.306 e. The molecule has 3 unspecified atom stereocenters. The maximum atomic E-state index is 6.38. The molecular weight excluding hydrogens is 206 g/mol. The highest BCUT2D eigenvalue weighted by Crippen LogP contribution is 2.34. The van der Waals surface area contributed by atoms with Gasteiger partial charge >= 0.3 is 0 Å². The van der Waals surface area contributed by atoms with Gasteiger partial charge in [-0.25, -0.2) is 0 Å². The summed E-state index contributed by atoms with van der Waals surface area (Å²) in [6, 6.07) is 9.42. The van der Waals surface area contributed by atoms with E-state index >= 15 is 0 Å². The van der Waals surface area contributed by atoms with Crippen molar-refractivity contribution >= 4 is 11.6 Å². The first-order valence-electron chi connectivity index (χ1n) is 5.70. The molecule has 0 amide bonds. The molecule has 0 bridgehead atoms. The van der Waals surface area contributed by atoms with E-state index in [1.54, 1.807) is 0 Å². The number of hydrogen-bond acceptors (Lipinski definition) is 1. The molecule has 0 heterocycles. The highest BCUT2D eigenvalue weighted by molar-refractivity contribution is 6.21. The molecule has 0 aliphatic heterocycles. The maximum Gasteiger partial charge on any atom is 0.0571 e. The van der Waals surface area contributed by atoms with E-state index in [2.05, 4.69) is 43.4 Å². The predicted molar refractivity (Wildman–Crippen MR) is 65.4 cm³/mol. The van der Waals surface area contributed by atoms with Crippen molar-refractivity contribution in [3.05, 3.63) is 35.4 Å². The number of rotatable bonds is 3. The molecule has 0 spiro atoms. The molecule has 1 aliphatic rings. The number of hydrogen-bond donors (Lipinski definition) is 1. The number of halogens is 1. The molecule has 0 aromatic heterocycles. The minimum atomic E-state index is 0.205. The first-order chi connectivity index (χ1) is 7.22. The molecule has 15 heavy (non-hydrogen) atoms. The van der Waals surface area contributed by atoms with Gasteiger partial charge in [-0.3, -0.25) is 0 Å². The Kier molecular flexibility index (Phi) is 3.32. The Labute approximate surface area is 96.8 Å². The van der Waals surface area contributed by atoms with Crippen LogP contribution in [0.15, 0.2) is 24.3 Å². The molecule has 82 valence electrons. The average molecular weight is 224 g/mol. The topological polar surface area (TPSA) is 12.0 Å². The summed E-state index contributed by atoms with van der Waals surface area (Å²) in [6.45, 7) is 4.41. The third kappa shape index (κ3) is 2.19. The van der Waals surface area contributed by atoms with Gasteiger partial charge in [-0.2, -0.15) is 0 Å². The van der Waals surface area contributed by atoms with E-state index < -0.39 is 0 Å². The zero-order chi connectivity index (χ0) is 10.8. The van der Waals surface area contributed by atoms with Gasteiger partial charge < -0.3 is 5.32 Å². The Bertz CT molecular complexity index is 337. The molecule has 1 N–H and O–H groups in total. The van der Waals surface area contributed by atoms with Gasteiger partial charge in [-0.15, -0.1) is 11.6 Å². The van der Waals surface area contributed by atoms with Gasteiger partial charge in [0.05, 0.1) is 5.38 Å². The summed E-state index contributed by atoms with van der Waals surface area (Å²) < 4.78 is 0. The molecule has 2 heteroatoms. The van der Waals surface area contributed by atoms with Crippen molar-refractivity contribution in [2.24, 2.45) is 0 Å². The molecule has 0 radical (unpaired) electrons. The van der Waals surface area contributed by atoms with Gasteiger partial charge in [0.15, 0.2) is 0 Å². The second-order valence-corrected chi connectivity index (χ2v) is 4.93. The Morgan fingerprint density at radius 3 is 2.93 bits per heavy atom. The van der Waals surface area contributed by atoms with E-state index in [1.165, 1.54) is 11.1 Å². The SMILES string of the molecule is CCC(C)NC1c2ccccc2CC1Cl. The molecule has 1 aromatic rings. The van der Waals surface area contributed by atoms with E-state index in [1.807, 2.05) is 0 Å². The smallest absolute Gasteiger partial charge is 0.0571 e. The van der Waals surface area contributed by atoms with Gasteiger partial charge in [-0.1, -0.05) is 31.2 Å². The van der Waals surface area contributed by atoms with Gasteiger partial charge in [-0.05, 0) is 30.9 Å². The van der Waals surface area contributed by atoms with Gasteiger partial charge in [0.25, 0.3) is 0 Å². The van der Waals surface area contributed by atoms with Crippen LogP contribution in [-0.4, -0.2) is 11.4 Å². The summed E-state index contributed by atoms with van der Waals surface area (Å²) in [7, 11) is 0. The Hall–Kier alpha value is -0.530. The van der Waals surface area contributed by atoms with Crippen LogP contribution in [0, 0.1) is 0 Å². The average Bonchev–Trinajstić information content (AvgIpc) is 2.55. The van der Waals surface area contributed by atoms with Crippen LogP contribution in [0.25, 0.3) is 0 Å². The standard InChI is InChI=1S/C13H18ClN/c1-3-9(2)15-13-11-7-5-4-6-10(11)8-12(13)14/h4-7,9,12-13,15H,3,8H2,1-2H3. The van der Waals surface area contributed by atoms with E-state index in [0.717, 1.165) is 12.8 Å². The molecule has 2 rings (SSSR count). The highest BCUT2D eigenvalue weighted by atomic mass is 35.5. The third-order valence-corrected chi connectivity index (χ3v) is 3.65. The molecule has 0 saturated carbocycles. The normalized spacial score (nSPS) is 26.3. The number of nitrogens with one attached hydrogen (secondary N) is 1. The fraction of sp³-hybridized carbons (Fsp3) is 0.538. The summed E-state index contributed by atoms with van der Waals surface area (Å²) in [5.41, 5.74) is 2.79. The fourth-order valence-electron chi connectivity index (χ4n) is 2.16. The van der Waals surface area contributed by atoms with Crippen LogP contribution < -0.4 is 5.32 Å². The van der Waals surface area contributed by atoms with Crippen LogP contribution in [0.3, 0.4) is 0 Å². The van der Waals surface area contributed by atoms with Crippen molar-refractivity contribution in [3.63, 3.8) is 0 Å². The quantitative estimate of drug-likeness (QED) is 0.776. The van der Waals surface area contributed by atoms with Crippen molar-refractivity contribution in [1.29, 1.82) is 0 Å². The van der Waals surface area contributed by atoms with E-state index in [4.69, 9.17) is 11.6 Å². The molecule has 1 aliphatic carbocycles. The summed E-state index contributed by atoms with van der Waals surface area (Å²) in [5, 5.41) is 3.81. The first kappa shape index (κ1) is 11.0. The minimum absolute atomic E-state index is 0.205. The predicted octanol–water partition coefficient (Wildman–Crippen LogP) is 3.28. The second-order valence-electron chi connectivity index (χ2n) is 4.37. The van der Waals surface area contributed by atoms with E-state index in [-0.39, 0.29) is 5.38 Å². The van der Waals surface area contributed by atoms with Crippen molar-refractivity contribution in [2.45, 2.75) is 44.1 Å². The fourth-order valence-corrected chi connectivity index (χ4v) is 2.54. The monoisotopic (exact) mass is 223 g/mol. The lowest BCUT2D eigenvalue weighted by Crippen LogP contribution is -2.33. The van der Waals surface area contributed by atoms with Crippen LogP contribution >= 0.6 is 11.6 Å². The number of alkyl halides is 1. The van der Waals surface area contributed by atoms with Crippen molar-refractivity contribution in [2.75, 3.05) is 0 Å². The zero-order valence-electron chi connectivity index (χ0n) is 9.33. The summed E-state index contributed by atoms with van der Waals surface area (Å²) >= 11 is 6.38. The van der Waals surface area contributed by atoms with Gasteiger partial charge in [0.2, 0.25) is 0 Å². The molecule has 1 aromatic carbocycles.